The second-order valence-electron chi connectivity index (χ2n) is 10.7. The van der Waals surface area contributed by atoms with Crippen LogP contribution in [0, 0.1) is 5.92 Å². The Morgan fingerprint density at radius 1 is 0.897 bits per heavy atom. The molecule has 0 spiro atoms. The van der Waals surface area contributed by atoms with Gasteiger partial charge in [0.1, 0.15) is 6.04 Å². The molecule has 5 N–H and O–H groups in total. The summed E-state index contributed by atoms with van der Waals surface area (Å²) in [5.41, 5.74) is 11.9. The molecule has 1 aliphatic carbocycles. The van der Waals surface area contributed by atoms with Gasteiger partial charge in [0, 0.05) is 32.5 Å². The van der Waals surface area contributed by atoms with Crippen LogP contribution in [0.5, 0.6) is 0 Å². The van der Waals surface area contributed by atoms with Gasteiger partial charge in [0.25, 0.3) is 5.91 Å². The van der Waals surface area contributed by atoms with Crippen molar-refractivity contribution >= 4 is 34.1 Å². The molecule has 0 heterocycles. The Morgan fingerprint density at radius 3 is 2.15 bits per heavy atom. The Labute approximate surface area is 230 Å². The highest BCUT2D eigenvalue weighted by Gasteiger charge is 2.39. The van der Waals surface area contributed by atoms with Crippen molar-refractivity contribution in [1.29, 1.82) is 0 Å². The van der Waals surface area contributed by atoms with E-state index in [0.29, 0.717) is 24.8 Å². The first-order valence-corrected chi connectivity index (χ1v) is 13.5. The van der Waals surface area contributed by atoms with Crippen molar-refractivity contribution in [3.05, 3.63) is 90.5 Å². The minimum absolute atomic E-state index is 0.101. The molecule has 0 bridgehead atoms. The van der Waals surface area contributed by atoms with E-state index in [0.717, 1.165) is 34.7 Å². The number of nitrogens with zero attached hydrogens (tertiary/aromatic N) is 2. The van der Waals surface area contributed by atoms with Crippen LogP contribution >= 0.6 is 0 Å². The van der Waals surface area contributed by atoms with Gasteiger partial charge in [0.15, 0.2) is 6.04 Å². The topological polar surface area (TPSA) is 111 Å². The number of nitrogens with two attached hydrogens (primary N) is 1. The molecule has 0 unspecified atom stereocenters. The first-order valence-electron chi connectivity index (χ1n) is 13.5. The second kappa shape index (κ2) is 12.4. The number of carbonyl (C=O) groups excluding carboxylic acids is 3. The quantitative estimate of drug-likeness (QED) is 0.446. The summed E-state index contributed by atoms with van der Waals surface area (Å²) in [6.45, 7) is 4.32. The third-order valence-corrected chi connectivity index (χ3v) is 8.00. The van der Waals surface area contributed by atoms with E-state index >= 15 is 0 Å². The van der Waals surface area contributed by atoms with E-state index in [4.69, 9.17) is 5.73 Å². The average molecular weight is 528 g/mol. The van der Waals surface area contributed by atoms with Gasteiger partial charge in [-0.2, -0.15) is 0 Å². The first kappa shape index (κ1) is 28.2. The number of carbonyl (C=O) groups is 3. The average Bonchev–Trinajstić information content (AvgIpc) is 2.95. The molecule has 0 aliphatic heterocycles. The van der Waals surface area contributed by atoms with Crippen LogP contribution in [0.15, 0.2) is 79.4 Å². The number of likely N-dealkylation sites (N-methyl/N-ethyl adjacent to an activating group) is 2. The molecule has 4 rings (SSSR count). The van der Waals surface area contributed by atoms with E-state index in [2.05, 4.69) is 12.3 Å². The predicted octanol–water partition coefficient (Wildman–Crippen LogP) is 3.04. The highest BCUT2D eigenvalue weighted by molar-refractivity contribution is 6.01. The molecule has 1 aliphatic rings. The van der Waals surface area contributed by atoms with Crippen molar-refractivity contribution in [2.75, 3.05) is 14.1 Å². The number of benzene rings is 3. The Balaban J connectivity index is 1.68. The van der Waals surface area contributed by atoms with Crippen LogP contribution in [0.3, 0.4) is 0 Å². The van der Waals surface area contributed by atoms with Gasteiger partial charge in [-0.25, -0.2) is 4.79 Å². The van der Waals surface area contributed by atoms with Crippen LogP contribution in [0.2, 0.25) is 0 Å². The predicted molar refractivity (Wildman–Crippen MR) is 154 cm³/mol. The van der Waals surface area contributed by atoms with E-state index in [-0.39, 0.29) is 29.7 Å². The Bertz CT molecular complexity index is 1350. The fourth-order valence-corrected chi connectivity index (χ4v) is 5.53. The van der Waals surface area contributed by atoms with Crippen molar-refractivity contribution < 1.29 is 20.1 Å². The number of hydrogen-bond acceptors (Lipinski definition) is 4. The van der Waals surface area contributed by atoms with Crippen molar-refractivity contribution in [1.82, 2.24) is 9.80 Å². The summed E-state index contributed by atoms with van der Waals surface area (Å²) < 4.78 is 0. The van der Waals surface area contributed by atoms with E-state index in [1.807, 2.05) is 72.8 Å². The molecule has 0 saturated heterocycles. The highest BCUT2D eigenvalue weighted by Crippen LogP contribution is 2.30. The fraction of sp³-hybridized carbons (Fsp3) is 0.344. The van der Waals surface area contributed by atoms with E-state index in [1.165, 1.54) is 9.80 Å². The van der Waals surface area contributed by atoms with Crippen molar-refractivity contribution in [3.8, 4) is 0 Å². The van der Waals surface area contributed by atoms with E-state index in [9.17, 15) is 14.4 Å². The summed E-state index contributed by atoms with van der Waals surface area (Å²) >= 11 is 0. The molecule has 3 aromatic rings. The highest BCUT2D eigenvalue weighted by atomic mass is 16.2. The first-order chi connectivity index (χ1) is 18.7. The number of hydrogen-bond donors (Lipinski definition) is 2. The van der Waals surface area contributed by atoms with Gasteiger partial charge in [-0.1, -0.05) is 73.3 Å². The zero-order valence-corrected chi connectivity index (χ0v) is 22.9. The third-order valence-electron chi connectivity index (χ3n) is 8.00. The van der Waals surface area contributed by atoms with Gasteiger partial charge in [-0.05, 0) is 59.2 Å². The number of rotatable bonds is 9. The van der Waals surface area contributed by atoms with Gasteiger partial charge >= 0.3 is 5.91 Å². The number of fused-ring (bicyclic) bond motifs is 1. The zero-order valence-electron chi connectivity index (χ0n) is 22.9. The molecule has 3 amide bonds. The Kier molecular flexibility index (Phi) is 8.94. The normalized spacial score (nSPS) is 18.7. The maximum absolute atomic E-state index is 14.2. The lowest BCUT2D eigenvalue weighted by Gasteiger charge is -2.37. The van der Waals surface area contributed by atoms with Crippen LogP contribution in [0.1, 0.15) is 36.8 Å². The molecule has 204 valence electrons. The molecule has 1 fully saturated rings. The van der Waals surface area contributed by atoms with Gasteiger partial charge in [0.2, 0.25) is 5.91 Å². The molecule has 1 saturated carbocycles. The molecule has 3 aromatic carbocycles. The molecular formula is C32H39N4O3+. The van der Waals surface area contributed by atoms with Crippen LogP contribution < -0.4 is 11.5 Å². The van der Waals surface area contributed by atoms with Gasteiger partial charge < -0.3 is 15.5 Å². The third kappa shape index (κ3) is 6.44. The van der Waals surface area contributed by atoms with Gasteiger partial charge in [-0.3, -0.25) is 15.3 Å². The lowest BCUT2D eigenvalue weighted by atomic mass is 9.85. The van der Waals surface area contributed by atoms with Crippen LogP contribution in [0.25, 0.3) is 16.3 Å². The summed E-state index contributed by atoms with van der Waals surface area (Å²) in [5.74, 6) is -1.03. The SMILES string of the molecule is C=C(c1ccc2ccccc2c1)[C@H](C(=O)N(C)[C@H](Cc1ccccc1)C([NH3+])=O)N(C)C(=O)C1CCC(N)CC1. The number of amides is 3. The second-order valence-corrected chi connectivity index (χ2v) is 10.7. The maximum atomic E-state index is 14.2. The summed E-state index contributed by atoms with van der Waals surface area (Å²) in [6.07, 6.45) is 3.28. The fourth-order valence-electron chi connectivity index (χ4n) is 5.53. The lowest BCUT2D eigenvalue weighted by Crippen LogP contribution is -2.68. The van der Waals surface area contributed by atoms with Crippen LogP contribution in [-0.2, 0) is 20.8 Å². The van der Waals surface area contributed by atoms with Gasteiger partial charge in [-0.15, -0.1) is 0 Å². The van der Waals surface area contributed by atoms with Crippen molar-refractivity contribution in [2.45, 2.75) is 50.2 Å². The van der Waals surface area contributed by atoms with Crippen molar-refractivity contribution in [3.63, 3.8) is 0 Å². The van der Waals surface area contributed by atoms with Crippen molar-refractivity contribution in [2.24, 2.45) is 11.7 Å². The minimum Gasteiger partial charge on any atom is -0.329 e. The molecular weight excluding hydrogens is 488 g/mol. The molecule has 0 aromatic heterocycles. The number of quaternary nitrogens is 1. The van der Waals surface area contributed by atoms with E-state index in [1.54, 1.807) is 14.1 Å². The Hall–Kier alpha value is -3.81. The van der Waals surface area contributed by atoms with Gasteiger partial charge in [0.05, 0.1) is 0 Å². The largest absolute Gasteiger partial charge is 0.331 e. The Morgan fingerprint density at radius 2 is 1.51 bits per heavy atom. The smallest absolute Gasteiger partial charge is 0.329 e. The maximum Gasteiger partial charge on any atom is 0.331 e. The lowest BCUT2D eigenvalue weighted by molar-refractivity contribution is -0.311. The summed E-state index contributed by atoms with van der Waals surface area (Å²) in [5, 5.41) is 2.09. The van der Waals surface area contributed by atoms with Crippen LogP contribution in [-0.4, -0.2) is 59.7 Å². The molecule has 39 heavy (non-hydrogen) atoms. The monoisotopic (exact) mass is 527 g/mol. The standard InChI is InChI=1S/C32H38N4O3/c1-21(25-14-13-23-11-7-8-12-26(23)20-25)29(36(3)31(38)24-15-17-27(33)18-16-24)32(39)35(2)28(30(34)37)19-22-9-5-4-6-10-22/h4-14,20,24,27-29H,1,15-19,33H2,2-3H3,(H2,34,37)/p+1/t24?,27?,28-,29-/m1/s1. The minimum atomic E-state index is -0.975. The molecule has 2 atom stereocenters. The molecule has 7 heteroatoms. The molecule has 0 radical (unpaired) electrons. The summed E-state index contributed by atoms with van der Waals surface area (Å²) in [4.78, 5) is 43.5. The molecule has 7 nitrogen and oxygen atoms in total. The van der Waals surface area contributed by atoms with Crippen LogP contribution in [0.4, 0.5) is 0 Å². The zero-order chi connectivity index (χ0) is 28.1. The van der Waals surface area contributed by atoms with E-state index < -0.39 is 12.1 Å². The summed E-state index contributed by atoms with van der Waals surface area (Å²) in [7, 11) is 3.27. The summed E-state index contributed by atoms with van der Waals surface area (Å²) in [6, 6.07) is 21.8.